The first-order valence-corrected chi connectivity index (χ1v) is 14.7. The third-order valence-electron chi connectivity index (χ3n) is 6.73. The average molecular weight is 554 g/mol. The highest BCUT2D eigenvalue weighted by Crippen LogP contribution is 2.35. The number of para-hydroxylation sites is 1. The second kappa shape index (κ2) is 12.1. The van der Waals surface area contributed by atoms with Crippen molar-refractivity contribution in [2.24, 2.45) is 0 Å². The predicted molar refractivity (Wildman–Crippen MR) is 153 cm³/mol. The van der Waals surface area contributed by atoms with Gasteiger partial charge in [-0.2, -0.15) is 9.97 Å². The van der Waals surface area contributed by atoms with Crippen molar-refractivity contribution < 1.29 is 17.9 Å². The molecule has 0 amide bonds. The molecule has 0 aliphatic carbocycles. The van der Waals surface area contributed by atoms with Gasteiger partial charge in [-0.25, -0.2) is 13.1 Å². The van der Waals surface area contributed by atoms with Crippen LogP contribution in [0.2, 0.25) is 0 Å². The first-order chi connectivity index (χ1) is 19.0. The van der Waals surface area contributed by atoms with E-state index in [-0.39, 0.29) is 4.90 Å². The highest BCUT2D eigenvalue weighted by Gasteiger charge is 2.23. The third-order valence-corrected chi connectivity index (χ3v) is 8.25. The fourth-order valence-electron chi connectivity index (χ4n) is 4.65. The summed E-state index contributed by atoms with van der Waals surface area (Å²) in [6.07, 6.45) is 2.39. The molecular weight excluding hydrogens is 518 g/mol. The Kier molecular flexibility index (Phi) is 8.34. The average Bonchev–Trinajstić information content (AvgIpc) is 3.43. The molecule has 1 aromatic heterocycles. The van der Waals surface area contributed by atoms with Crippen molar-refractivity contribution >= 4 is 44.7 Å². The van der Waals surface area contributed by atoms with Crippen LogP contribution >= 0.6 is 0 Å². The van der Waals surface area contributed by atoms with Crippen LogP contribution in [0.1, 0.15) is 25.3 Å². The maximum atomic E-state index is 13.0. The van der Waals surface area contributed by atoms with Gasteiger partial charge in [0, 0.05) is 43.5 Å². The molecule has 1 saturated heterocycles. The molecule has 4 N–H and O–H groups in total. The van der Waals surface area contributed by atoms with Crippen LogP contribution < -0.4 is 30.3 Å². The number of aromatic nitrogens is 2. The lowest BCUT2D eigenvalue weighted by molar-refractivity contribution is 0.122. The van der Waals surface area contributed by atoms with Crippen LogP contribution in [0.25, 0.3) is 0 Å². The molecule has 208 valence electrons. The lowest BCUT2D eigenvalue weighted by atomic mass is 10.2. The minimum absolute atomic E-state index is 0.175. The van der Waals surface area contributed by atoms with Crippen molar-refractivity contribution in [1.29, 1.82) is 0 Å². The number of ether oxygens (including phenoxy) is 2. The maximum Gasteiger partial charge on any atom is 0.242 e. The van der Waals surface area contributed by atoms with Gasteiger partial charge in [0.15, 0.2) is 0 Å². The summed E-state index contributed by atoms with van der Waals surface area (Å²) in [5.74, 6) is 2.29. The van der Waals surface area contributed by atoms with Crippen LogP contribution in [0.3, 0.4) is 0 Å². The smallest absolute Gasteiger partial charge is 0.242 e. The molecule has 2 aromatic carbocycles. The van der Waals surface area contributed by atoms with Gasteiger partial charge in [0.2, 0.25) is 16.0 Å². The second-order valence-corrected chi connectivity index (χ2v) is 11.1. The van der Waals surface area contributed by atoms with E-state index in [9.17, 15) is 8.42 Å². The zero-order valence-electron chi connectivity index (χ0n) is 22.3. The van der Waals surface area contributed by atoms with Crippen LogP contribution in [0.5, 0.6) is 5.75 Å². The fourth-order valence-corrected chi connectivity index (χ4v) is 5.88. The number of rotatable bonds is 11. The van der Waals surface area contributed by atoms with E-state index in [0.717, 1.165) is 55.8 Å². The highest BCUT2D eigenvalue weighted by molar-refractivity contribution is 7.89. The third kappa shape index (κ3) is 6.18. The first kappa shape index (κ1) is 27.0. The van der Waals surface area contributed by atoms with Crippen LogP contribution in [0.15, 0.2) is 47.4 Å². The van der Waals surface area contributed by atoms with Gasteiger partial charge in [-0.1, -0.05) is 25.5 Å². The molecular formula is C27H35N7O4S. The normalized spacial score (nSPS) is 15.0. The number of nitrogens with zero attached hydrogens (tertiary/aromatic N) is 3. The monoisotopic (exact) mass is 553 g/mol. The molecule has 2 aliphatic rings. The number of benzene rings is 2. The van der Waals surface area contributed by atoms with E-state index in [1.807, 2.05) is 25.1 Å². The molecule has 5 rings (SSSR count). The Labute approximate surface area is 229 Å². The summed E-state index contributed by atoms with van der Waals surface area (Å²) < 4.78 is 39.9. The van der Waals surface area contributed by atoms with Crippen LogP contribution in [0.4, 0.5) is 34.6 Å². The van der Waals surface area contributed by atoms with Crippen LogP contribution in [-0.4, -0.2) is 64.9 Å². The molecule has 0 spiro atoms. The molecule has 0 saturated carbocycles. The van der Waals surface area contributed by atoms with E-state index in [2.05, 4.69) is 30.6 Å². The summed E-state index contributed by atoms with van der Waals surface area (Å²) in [4.78, 5) is 11.9. The van der Waals surface area contributed by atoms with Gasteiger partial charge in [-0.3, -0.25) is 0 Å². The van der Waals surface area contributed by atoms with E-state index in [4.69, 9.17) is 14.5 Å². The Bertz CT molecular complexity index is 1410. The molecule has 12 heteroatoms. The Hall–Kier alpha value is -3.61. The SMILES string of the molecule is CCCCNS(=O)(=O)c1ccccc1Nc1nc(Nc2ccc(N3CCOCC3)cc2OC)nc2c1CCN2. The number of morpholine rings is 1. The number of unbranched alkanes of at least 4 members (excludes halogenated alkanes) is 1. The molecule has 39 heavy (non-hydrogen) atoms. The van der Waals surface area contributed by atoms with Crippen molar-refractivity contribution in [3.8, 4) is 5.75 Å². The summed E-state index contributed by atoms with van der Waals surface area (Å²) in [7, 11) is -2.06. The number of hydrogen-bond donors (Lipinski definition) is 4. The Morgan fingerprint density at radius 3 is 2.69 bits per heavy atom. The molecule has 3 aromatic rings. The van der Waals surface area contributed by atoms with Crippen molar-refractivity contribution in [1.82, 2.24) is 14.7 Å². The summed E-state index contributed by atoms with van der Waals surface area (Å²) in [5, 5.41) is 9.86. The molecule has 3 heterocycles. The largest absolute Gasteiger partial charge is 0.494 e. The summed E-state index contributed by atoms with van der Waals surface area (Å²) >= 11 is 0. The van der Waals surface area contributed by atoms with E-state index in [1.165, 1.54) is 0 Å². The van der Waals surface area contributed by atoms with Gasteiger partial charge in [-0.15, -0.1) is 0 Å². The zero-order valence-corrected chi connectivity index (χ0v) is 23.1. The van der Waals surface area contributed by atoms with Crippen molar-refractivity contribution in [2.45, 2.75) is 31.1 Å². The topological polar surface area (TPSA) is 130 Å². The summed E-state index contributed by atoms with van der Waals surface area (Å²) in [5.41, 5.74) is 3.14. The minimum Gasteiger partial charge on any atom is -0.494 e. The lowest BCUT2D eigenvalue weighted by Gasteiger charge is -2.29. The minimum atomic E-state index is -3.69. The lowest BCUT2D eigenvalue weighted by Crippen LogP contribution is -2.36. The van der Waals surface area contributed by atoms with E-state index < -0.39 is 10.0 Å². The summed E-state index contributed by atoms with van der Waals surface area (Å²) in [6.45, 7) is 6.19. The Morgan fingerprint density at radius 1 is 1.08 bits per heavy atom. The fraction of sp³-hybridized carbons (Fsp3) is 0.407. The van der Waals surface area contributed by atoms with Crippen molar-refractivity contribution in [3.63, 3.8) is 0 Å². The predicted octanol–water partition coefficient (Wildman–Crippen LogP) is 3.86. The van der Waals surface area contributed by atoms with Gasteiger partial charge >= 0.3 is 0 Å². The van der Waals surface area contributed by atoms with Crippen molar-refractivity contribution in [3.05, 3.63) is 48.0 Å². The molecule has 1 fully saturated rings. The van der Waals surface area contributed by atoms with Crippen LogP contribution in [0, 0.1) is 0 Å². The number of anilines is 6. The molecule has 2 aliphatic heterocycles. The van der Waals surface area contributed by atoms with E-state index in [0.29, 0.717) is 48.8 Å². The van der Waals surface area contributed by atoms with Crippen LogP contribution in [-0.2, 0) is 21.2 Å². The Balaban J connectivity index is 1.42. The van der Waals surface area contributed by atoms with Crippen molar-refractivity contribution in [2.75, 3.05) is 67.4 Å². The number of hydrogen-bond acceptors (Lipinski definition) is 10. The molecule has 0 bridgehead atoms. The standard InChI is InChI=1S/C27H35N7O4S/c1-3-4-12-29-39(35,36)24-8-6-5-7-22(24)30-26-20-11-13-28-25(20)32-27(33-26)31-21-10-9-19(18-23(21)37-2)34-14-16-38-17-15-34/h5-10,18,29H,3-4,11-17H2,1-2H3,(H3,28,30,31,32,33). The Morgan fingerprint density at radius 2 is 1.90 bits per heavy atom. The number of fused-ring (bicyclic) bond motifs is 1. The number of methoxy groups -OCH3 is 1. The maximum absolute atomic E-state index is 13.0. The molecule has 0 radical (unpaired) electrons. The first-order valence-electron chi connectivity index (χ1n) is 13.3. The zero-order chi connectivity index (χ0) is 27.2. The van der Waals surface area contributed by atoms with E-state index in [1.54, 1.807) is 31.4 Å². The van der Waals surface area contributed by atoms with Gasteiger partial charge in [-0.05, 0) is 37.1 Å². The van der Waals surface area contributed by atoms with Gasteiger partial charge in [0.05, 0.1) is 31.7 Å². The molecule has 0 atom stereocenters. The molecule has 0 unspecified atom stereocenters. The quantitative estimate of drug-likeness (QED) is 0.260. The molecule has 11 nitrogen and oxygen atoms in total. The summed E-state index contributed by atoms with van der Waals surface area (Å²) in [6, 6.07) is 12.8. The number of nitrogens with one attached hydrogen (secondary N) is 4. The highest BCUT2D eigenvalue weighted by atomic mass is 32.2. The van der Waals surface area contributed by atoms with Gasteiger partial charge in [0.1, 0.15) is 22.3 Å². The number of sulfonamides is 1. The van der Waals surface area contributed by atoms with Gasteiger partial charge < -0.3 is 30.3 Å². The van der Waals surface area contributed by atoms with Gasteiger partial charge in [0.25, 0.3) is 0 Å². The second-order valence-electron chi connectivity index (χ2n) is 9.38. The van der Waals surface area contributed by atoms with E-state index >= 15 is 0 Å².